The Labute approximate surface area is 154 Å². The zero-order chi connectivity index (χ0) is 18.4. The Morgan fingerprint density at radius 1 is 1.00 bits per heavy atom. The van der Waals surface area contributed by atoms with Crippen molar-refractivity contribution in [3.63, 3.8) is 0 Å². The lowest BCUT2D eigenvalue weighted by Gasteiger charge is -2.10. The standard InChI is InChI=1S/C21H15N5O/c1-13-10-17-19(22-11-13)18(14-6-5-7-16-15(14)12-23-25-16)20(21(27)24-17)26-8-3-2-4-9-26/h2-12H,1H3,(H-,23,24,25,27)/p+1. The van der Waals surface area contributed by atoms with E-state index >= 15 is 0 Å². The van der Waals surface area contributed by atoms with Crippen molar-refractivity contribution in [1.29, 1.82) is 0 Å². The van der Waals surface area contributed by atoms with E-state index in [0.29, 0.717) is 5.69 Å². The smallest absolute Gasteiger partial charge is 0.315 e. The van der Waals surface area contributed by atoms with Gasteiger partial charge in [-0.2, -0.15) is 9.67 Å². The molecule has 0 spiro atoms. The number of rotatable bonds is 2. The first-order chi connectivity index (χ1) is 13.2. The first-order valence-corrected chi connectivity index (χ1v) is 8.64. The predicted molar refractivity (Wildman–Crippen MR) is 104 cm³/mol. The summed E-state index contributed by atoms with van der Waals surface area (Å²) in [5.41, 5.74) is 5.45. The topological polar surface area (TPSA) is 78.3 Å². The molecule has 4 heterocycles. The SMILES string of the molecule is Cc1cnc2c(-c3cccc4[nH]ncc34)c(-[n+]3ccccc3)c(=O)[nH]c2c1. The highest BCUT2D eigenvalue weighted by molar-refractivity contribution is 6.04. The molecule has 0 unspecified atom stereocenters. The van der Waals surface area contributed by atoms with Crippen molar-refractivity contribution in [1.82, 2.24) is 20.2 Å². The van der Waals surface area contributed by atoms with Crippen LogP contribution in [-0.2, 0) is 0 Å². The van der Waals surface area contributed by atoms with Crippen LogP contribution in [-0.4, -0.2) is 20.2 Å². The van der Waals surface area contributed by atoms with E-state index < -0.39 is 0 Å². The lowest BCUT2D eigenvalue weighted by Crippen LogP contribution is -2.37. The minimum Gasteiger partial charge on any atom is -0.315 e. The molecule has 0 aliphatic rings. The fourth-order valence-corrected chi connectivity index (χ4v) is 3.51. The number of aromatic nitrogens is 5. The summed E-state index contributed by atoms with van der Waals surface area (Å²) in [6.45, 7) is 1.96. The molecule has 0 saturated heterocycles. The van der Waals surface area contributed by atoms with E-state index in [1.807, 2.05) is 72.5 Å². The van der Waals surface area contributed by atoms with Crippen LogP contribution in [0.4, 0.5) is 0 Å². The fourth-order valence-electron chi connectivity index (χ4n) is 3.51. The molecule has 6 heteroatoms. The van der Waals surface area contributed by atoms with Crippen LogP contribution in [0.5, 0.6) is 0 Å². The molecule has 0 radical (unpaired) electrons. The molecule has 2 N–H and O–H groups in total. The van der Waals surface area contributed by atoms with Gasteiger partial charge >= 0.3 is 5.56 Å². The lowest BCUT2D eigenvalue weighted by atomic mass is 9.98. The van der Waals surface area contributed by atoms with Crippen molar-refractivity contribution in [2.45, 2.75) is 6.92 Å². The molecule has 27 heavy (non-hydrogen) atoms. The summed E-state index contributed by atoms with van der Waals surface area (Å²) in [7, 11) is 0. The van der Waals surface area contributed by atoms with E-state index in [2.05, 4.69) is 20.2 Å². The van der Waals surface area contributed by atoms with Crippen LogP contribution in [0.25, 0.3) is 38.8 Å². The van der Waals surface area contributed by atoms with Crippen LogP contribution < -0.4 is 10.1 Å². The van der Waals surface area contributed by atoms with Gasteiger partial charge in [0.1, 0.15) is 5.52 Å². The number of aryl methyl sites for hydroxylation is 1. The molecule has 0 aliphatic heterocycles. The van der Waals surface area contributed by atoms with Crippen molar-refractivity contribution in [3.05, 3.63) is 83.2 Å². The molecule has 0 amide bonds. The van der Waals surface area contributed by atoms with Gasteiger partial charge in [-0.15, -0.1) is 0 Å². The third-order valence-corrected chi connectivity index (χ3v) is 4.69. The Balaban J connectivity index is 2.00. The molecular formula is C21H16N5O+. The van der Waals surface area contributed by atoms with Gasteiger partial charge in [-0.3, -0.25) is 14.9 Å². The minimum absolute atomic E-state index is 0.165. The molecular weight excluding hydrogens is 338 g/mol. The Kier molecular flexibility index (Phi) is 3.36. The van der Waals surface area contributed by atoms with Crippen LogP contribution in [0.1, 0.15) is 5.56 Å². The average Bonchev–Trinajstić information content (AvgIpc) is 3.16. The number of nitrogens with zero attached hydrogens (tertiary/aromatic N) is 3. The summed E-state index contributed by atoms with van der Waals surface area (Å²) >= 11 is 0. The second-order valence-electron chi connectivity index (χ2n) is 6.51. The Hall–Kier alpha value is -3.80. The third-order valence-electron chi connectivity index (χ3n) is 4.69. The summed E-state index contributed by atoms with van der Waals surface area (Å²) < 4.78 is 1.83. The average molecular weight is 354 g/mol. The third kappa shape index (κ3) is 2.42. The molecule has 6 nitrogen and oxygen atoms in total. The van der Waals surface area contributed by atoms with Crippen LogP contribution in [0.15, 0.2) is 72.0 Å². The van der Waals surface area contributed by atoms with Gasteiger partial charge in [0.25, 0.3) is 5.69 Å². The van der Waals surface area contributed by atoms with E-state index in [1.54, 1.807) is 6.20 Å². The Morgan fingerprint density at radius 2 is 1.85 bits per heavy atom. The summed E-state index contributed by atoms with van der Waals surface area (Å²) in [6.07, 6.45) is 7.33. The molecule has 0 saturated carbocycles. The molecule has 5 aromatic rings. The molecule has 4 aromatic heterocycles. The number of nitrogens with one attached hydrogen (secondary N) is 2. The van der Waals surface area contributed by atoms with Crippen molar-refractivity contribution in [2.75, 3.05) is 0 Å². The highest BCUT2D eigenvalue weighted by atomic mass is 16.1. The zero-order valence-electron chi connectivity index (χ0n) is 14.6. The van der Waals surface area contributed by atoms with E-state index in [0.717, 1.165) is 38.6 Å². The quantitative estimate of drug-likeness (QED) is 0.478. The van der Waals surface area contributed by atoms with Gasteiger partial charge < -0.3 is 4.98 Å². The van der Waals surface area contributed by atoms with E-state index in [1.165, 1.54) is 0 Å². The van der Waals surface area contributed by atoms with Crippen molar-refractivity contribution in [3.8, 4) is 16.8 Å². The molecule has 0 atom stereocenters. The van der Waals surface area contributed by atoms with Crippen LogP contribution in [0.3, 0.4) is 0 Å². The summed E-state index contributed by atoms with van der Waals surface area (Å²) in [5.74, 6) is 0. The highest BCUT2D eigenvalue weighted by Crippen LogP contribution is 2.33. The van der Waals surface area contributed by atoms with Gasteiger partial charge in [0.2, 0.25) is 0 Å². The first-order valence-electron chi connectivity index (χ1n) is 8.64. The number of aromatic amines is 2. The van der Waals surface area contributed by atoms with Crippen molar-refractivity contribution < 1.29 is 4.57 Å². The van der Waals surface area contributed by atoms with Crippen molar-refractivity contribution >= 4 is 21.9 Å². The van der Waals surface area contributed by atoms with Gasteiger partial charge in [0.15, 0.2) is 12.4 Å². The van der Waals surface area contributed by atoms with E-state index in [4.69, 9.17) is 0 Å². The molecule has 130 valence electrons. The zero-order valence-corrected chi connectivity index (χ0v) is 14.6. The summed E-state index contributed by atoms with van der Waals surface area (Å²) in [6, 6.07) is 13.6. The minimum atomic E-state index is -0.165. The lowest BCUT2D eigenvalue weighted by molar-refractivity contribution is -0.596. The van der Waals surface area contributed by atoms with Crippen LogP contribution in [0.2, 0.25) is 0 Å². The Bertz CT molecular complexity index is 1350. The van der Waals surface area contributed by atoms with E-state index in [9.17, 15) is 4.79 Å². The fraction of sp³-hybridized carbons (Fsp3) is 0.0476. The van der Waals surface area contributed by atoms with Crippen LogP contribution >= 0.6 is 0 Å². The molecule has 1 aromatic carbocycles. The number of hydrogen-bond acceptors (Lipinski definition) is 3. The number of hydrogen-bond donors (Lipinski definition) is 2. The van der Waals surface area contributed by atoms with Gasteiger partial charge in [-0.25, -0.2) is 0 Å². The van der Waals surface area contributed by atoms with Gasteiger partial charge in [-0.1, -0.05) is 18.2 Å². The number of benzene rings is 1. The molecule has 5 rings (SSSR count). The van der Waals surface area contributed by atoms with Crippen LogP contribution in [0, 0.1) is 6.92 Å². The largest absolute Gasteiger partial charge is 0.321 e. The normalized spacial score (nSPS) is 11.3. The summed E-state index contributed by atoms with van der Waals surface area (Å²) in [4.78, 5) is 20.7. The highest BCUT2D eigenvalue weighted by Gasteiger charge is 2.24. The maximum absolute atomic E-state index is 13.1. The predicted octanol–water partition coefficient (Wildman–Crippen LogP) is 3.05. The van der Waals surface area contributed by atoms with Gasteiger partial charge in [0.05, 0.1) is 22.8 Å². The number of H-pyrrole nitrogens is 2. The second kappa shape index (κ2) is 5.88. The van der Waals surface area contributed by atoms with E-state index in [-0.39, 0.29) is 5.56 Å². The Morgan fingerprint density at radius 3 is 2.70 bits per heavy atom. The maximum Gasteiger partial charge on any atom is 0.321 e. The summed E-state index contributed by atoms with van der Waals surface area (Å²) in [5, 5.41) is 8.11. The van der Waals surface area contributed by atoms with Gasteiger partial charge in [-0.05, 0) is 24.6 Å². The number of pyridine rings is 3. The molecule has 0 bridgehead atoms. The van der Waals surface area contributed by atoms with Crippen molar-refractivity contribution in [2.24, 2.45) is 0 Å². The maximum atomic E-state index is 13.1. The monoisotopic (exact) mass is 354 g/mol. The second-order valence-corrected chi connectivity index (χ2v) is 6.51. The first kappa shape index (κ1) is 15.5. The molecule has 0 fully saturated rings. The number of fused-ring (bicyclic) bond motifs is 2. The molecule has 0 aliphatic carbocycles. The van der Waals surface area contributed by atoms with Gasteiger partial charge in [0, 0.05) is 29.3 Å².